The van der Waals surface area contributed by atoms with Crippen LogP contribution in [0.4, 0.5) is 13.2 Å². The van der Waals surface area contributed by atoms with Gasteiger partial charge in [0.2, 0.25) is 0 Å². The summed E-state index contributed by atoms with van der Waals surface area (Å²) in [5.74, 6) is -2.21. The summed E-state index contributed by atoms with van der Waals surface area (Å²) in [6.07, 6.45) is 0. The largest absolute Gasteiger partial charge is 0.313 e. The van der Waals surface area contributed by atoms with Crippen molar-refractivity contribution in [1.82, 2.24) is 5.32 Å². The molecule has 0 saturated heterocycles. The Hall–Kier alpha value is -1.81. The van der Waals surface area contributed by atoms with Crippen molar-refractivity contribution >= 4 is 0 Å². The Morgan fingerprint density at radius 2 is 1.79 bits per heavy atom. The molecule has 0 aliphatic heterocycles. The van der Waals surface area contributed by atoms with Crippen LogP contribution in [-0.4, -0.2) is 6.54 Å². The van der Waals surface area contributed by atoms with Crippen molar-refractivity contribution in [3.8, 4) is 11.1 Å². The number of hydrogen-bond donors (Lipinski definition) is 1. The Kier molecular flexibility index (Phi) is 4.22. The van der Waals surface area contributed by atoms with Crippen LogP contribution in [0.5, 0.6) is 0 Å². The van der Waals surface area contributed by atoms with E-state index in [1.165, 1.54) is 30.3 Å². The summed E-state index contributed by atoms with van der Waals surface area (Å²) in [5.41, 5.74) is 1.25. The van der Waals surface area contributed by atoms with Gasteiger partial charge in [-0.2, -0.15) is 0 Å². The van der Waals surface area contributed by atoms with Crippen LogP contribution in [0.1, 0.15) is 12.5 Å². The molecular formula is C15H14F3N. The molecule has 0 bridgehead atoms. The topological polar surface area (TPSA) is 12.0 Å². The first kappa shape index (κ1) is 13.6. The molecule has 0 aromatic heterocycles. The van der Waals surface area contributed by atoms with Gasteiger partial charge in [-0.1, -0.05) is 25.1 Å². The summed E-state index contributed by atoms with van der Waals surface area (Å²) in [6, 6.07) is 8.04. The Morgan fingerprint density at radius 3 is 2.53 bits per heavy atom. The molecule has 2 aromatic carbocycles. The fourth-order valence-corrected chi connectivity index (χ4v) is 1.94. The zero-order valence-corrected chi connectivity index (χ0v) is 10.5. The predicted octanol–water partition coefficient (Wildman–Crippen LogP) is 3.88. The number of hydrogen-bond acceptors (Lipinski definition) is 1. The van der Waals surface area contributed by atoms with E-state index in [4.69, 9.17) is 0 Å². The monoisotopic (exact) mass is 265 g/mol. The first-order chi connectivity index (χ1) is 9.13. The SMILES string of the molecule is CCNCc1cc(F)ccc1-c1cccc(F)c1F. The Morgan fingerprint density at radius 1 is 1.00 bits per heavy atom. The van der Waals surface area contributed by atoms with E-state index in [2.05, 4.69) is 5.32 Å². The quantitative estimate of drug-likeness (QED) is 0.884. The normalized spacial score (nSPS) is 10.7. The van der Waals surface area contributed by atoms with Gasteiger partial charge in [-0.25, -0.2) is 13.2 Å². The summed E-state index contributed by atoms with van der Waals surface area (Å²) in [5, 5.41) is 3.05. The third kappa shape index (κ3) is 2.96. The molecule has 1 N–H and O–H groups in total. The van der Waals surface area contributed by atoms with Crippen LogP contribution in [0.2, 0.25) is 0 Å². The first-order valence-corrected chi connectivity index (χ1v) is 6.07. The molecule has 0 aliphatic carbocycles. The molecule has 0 unspecified atom stereocenters. The highest BCUT2D eigenvalue weighted by Crippen LogP contribution is 2.28. The number of benzene rings is 2. The van der Waals surface area contributed by atoms with Crippen LogP contribution in [0, 0.1) is 17.5 Å². The number of rotatable bonds is 4. The molecule has 0 aliphatic rings. The highest BCUT2D eigenvalue weighted by Gasteiger charge is 2.13. The van der Waals surface area contributed by atoms with E-state index in [0.717, 1.165) is 6.07 Å². The van der Waals surface area contributed by atoms with E-state index >= 15 is 0 Å². The molecule has 0 heterocycles. The number of nitrogens with one attached hydrogen (secondary N) is 1. The Balaban J connectivity index is 2.51. The van der Waals surface area contributed by atoms with Crippen molar-refractivity contribution in [1.29, 1.82) is 0 Å². The third-order valence-corrected chi connectivity index (χ3v) is 2.87. The van der Waals surface area contributed by atoms with Crippen LogP contribution < -0.4 is 5.32 Å². The van der Waals surface area contributed by atoms with E-state index in [9.17, 15) is 13.2 Å². The fourth-order valence-electron chi connectivity index (χ4n) is 1.94. The minimum absolute atomic E-state index is 0.146. The average Bonchev–Trinajstić information content (AvgIpc) is 2.40. The maximum atomic E-state index is 13.8. The van der Waals surface area contributed by atoms with Crippen molar-refractivity contribution in [2.45, 2.75) is 13.5 Å². The van der Waals surface area contributed by atoms with Gasteiger partial charge in [-0.3, -0.25) is 0 Å². The van der Waals surface area contributed by atoms with Gasteiger partial charge in [-0.15, -0.1) is 0 Å². The molecule has 4 heteroatoms. The smallest absolute Gasteiger partial charge is 0.166 e. The minimum Gasteiger partial charge on any atom is -0.313 e. The molecule has 0 fully saturated rings. The lowest BCUT2D eigenvalue weighted by Crippen LogP contribution is -2.13. The van der Waals surface area contributed by atoms with Gasteiger partial charge < -0.3 is 5.32 Å². The summed E-state index contributed by atoms with van der Waals surface area (Å²) in [4.78, 5) is 0. The van der Waals surface area contributed by atoms with Crippen molar-refractivity contribution in [2.75, 3.05) is 6.54 Å². The molecule has 100 valence electrons. The van der Waals surface area contributed by atoms with Crippen LogP contribution in [0.3, 0.4) is 0 Å². The number of halogens is 3. The molecule has 0 amide bonds. The van der Waals surface area contributed by atoms with E-state index in [0.29, 0.717) is 24.2 Å². The highest BCUT2D eigenvalue weighted by molar-refractivity contribution is 5.68. The molecule has 2 rings (SSSR count). The molecule has 2 aromatic rings. The van der Waals surface area contributed by atoms with Gasteiger partial charge >= 0.3 is 0 Å². The second kappa shape index (κ2) is 5.89. The molecule has 0 spiro atoms. The summed E-state index contributed by atoms with van der Waals surface area (Å²) < 4.78 is 40.3. The third-order valence-electron chi connectivity index (χ3n) is 2.87. The van der Waals surface area contributed by atoms with Crippen molar-refractivity contribution in [2.24, 2.45) is 0 Å². The lowest BCUT2D eigenvalue weighted by Gasteiger charge is -2.11. The molecule has 0 saturated carbocycles. The van der Waals surface area contributed by atoms with Crippen molar-refractivity contribution in [3.63, 3.8) is 0 Å². The fraction of sp³-hybridized carbons (Fsp3) is 0.200. The van der Waals surface area contributed by atoms with Crippen LogP contribution in [-0.2, 0) is 6.54 Å². The summed E-state index contributed by atoms with van der Waals surface area (Å²) >= 11 is 0. The van der Waals surface area contributed by atoms with E-state index < -0.39 is 17.5 Å². The van der Waals surface area contributed by atoms with Crippen molar-refractivity contribution < 1.29 is 13.2 Å². The zero-order chi connectivity index (χ0) is 13.8. The summed E-state index contributed by atoms with van der Waals surface area (Å²) in [6.45, 7) is 3.03. The predicted molar refractivity (Wildman–Crippen MR) is 69.1 cm³/mol. The maximum absolute atomic E-state index is 13.8. The average molecular weight is 265 g/mol. The lowest BCUT2D eigenvalue weighted by molar-refractivity contribution is 0.511. The highest BCUT2D eigenvalue weighted by atomic mass is 19.2. The van der Waals surface area contributed by atoms with Gasteiger partial charge in [0.25, 0.3) is 0 Å². The second-order valence-corrected chi connectivity index (χ2v) is 4.18. The molecular weight excluding hydrogens is 251 g/mol. The van der Waals surface area contributed by atoms with Crippen molar-refractivity contribution in [3.05, 3.63) is 59.4 Å². The van der Waals surface area contributed by atoms with Crippen LogP contribution in [0.15, 0.2) is 36.4 Å². The minimum atomic E-state index is -0.910. The Labute approximate surface area is 110 Å². The van der Waals surface area contributed by atoms with E-state index in [1.807, 2.05) is 6.92 Å². The van der Waals surface area contributed by atoms with Gasteiger partial charge in [0, 0.05) is 12.1 Å². The summed E-state index contributed by atoms with van der Waals surface area (Å²) in [7, 11) is 0. The zero-order valence-electron chi connectivity index (χ0n) is 10.5. The van der Waals surface area contributed by atoms with E-state index in [-0.39, 0.29) is 5.56 Å². The second-order valence-electron chi connectivity index (χ2n) is 4.18. The molecule has 0 radical (unpaired) electrons. The molecule has 0 atom stereocenters. The molecule has 1 nitrogen and oxygen atoms in total. The van der Waals surface area contributed by atoms with E-state index in [1.54, 1.807) is 0 Å². The van der Waals surface area contributed by atoms with Gasteiger partial charge in [0.1, 0.15) is 5.82 Å². The van der Waals surface area contributed by atoms with Crippen LogP contribution >= 0.6 is 0 Å². The van der Waals surface area contributed by atoms with Gasteiger partial charge in [0.15, 0.2) is 11.6 Å². The lowest BCUT2D eigenvalue weighted by atomic mass is 9.98. The Bertz CT molecular complexity index is 582. The van der Waals surface area contributed by atoms with Gasteiger partial charge in [0.05, 0.1) is 0 Å². The molecule has 19 heavy (non-hydrogen) atoms. The van der Waals surface area contributed by atoms with Gasteiger partial charge in [-0.05, 0) is 35.9 Å². The standard InChI is InChI=1S/C15H14F3N/c1-2-19-9-10-8-11(16)6-7-12(10)13-4-3-5-14(17)15(13)18/h3-8,19H,2,9H2,1H3. The first-order valence-electron chi connectivity index (χ1n) is 6.07. The maximum Gasteiger partial charge on any atom is 0.166 e. The van der Waals surface area contributed by atoms with Crippen LogP contribution in [0.25, 0.3) is 11.1 Å².